The highest BCUT2D eigenvalue weighted by molar-refractivity contribution is 6.31. The van der Waals surface area contributed by atoms with Crippen molar-refractivity contribution in [1.29, 1.82) is 0 Å². The molecule has 0 aliphatic carbocycles. The summed E-state index contributed by atoms with van der Waals surface area (Å²) in [6.45, 7) is 4.64. The maximum atomic E-state index is 10.6. The summed E-state index contributed by atoms with van der Waals surface area (Å²) in [7, 11) is 1.61. The van der Waals surface area contributed by atoms with E-state index in [0.29, 0.717) is 35.1 Å². The second-order valence-corrected chi connectivity index (χ2v) is 4.93. The normalized spacial score (nSPS) is 12.7. The van der Waals surface area contributed by atoms with Crippen molar-refractivity contribution in [3.05, 3.63) is 39.9 Å². The van der Waals surface area contributed by atoms with Crippen LogP contribution in [0.5, 0.6) is 0 Å². The lowest BCUT2D eigenvalue weighted by atomic mass is 10.1. The number of hydrogen-bond donors (Lipinski definition) is 1. The van der Waals surface area contributed by atoms with E-state index < -0.39 is 6.10 Å². The zero-order chi connectivity index (χ0) is 14.7. The Bertz CT molecular complexity index is 600. The zero-order valence-electron chi connectivity index (χ0n) is 11.7. The zero-order valence-corrected chi connectivity index (χ0v) is 12.4. The smallest absolute Gasteiger partial charge is 0.124 e. The van der Waals surface area contributed by atoms with E-state index in [1.54, 1.807) is 24.8 Å². The summed E-state index contributed by atoms with van der Waals surface area (Å²) in [6, 6.07) is 1.80. The lowest BCUT2D eigenvalue weighted by Gasteiger charge is -2.16. The van der Waals surface area contributed by atoms with Crippen molar-refractivity contribution < 1.29 is 9.84 Å². The van der Waals surface area contributed by atoms with Gasteiger partial charge in [-0.25, -0.2) is 0 Å². The highest BCUT2D eigenvalue weighted by atomic mass is 35.5. The first kappa shape index (κ1) is 14.9. The van der Waals surface area contributed by atoms with Crippen LogP contribution in [0.3, 0.4) is 0 Å². The molecule has 0 aliphatic heterocycles. The summed E-state index contributed by atoms with van der Waals surface area (Å²) in [5.74, 6) is 0. The van der Waals surface area contributed by atoms with E-state index in [9.17, 15) is 5.11 Å². The molecule has 0 spiro atoms. The van der Waals surface area contributed by atoms with Crippen LogP contribution in [0.25, 0.3) is 0 Å². The summed E-state index contributed by atoms with van der Waals surface area (Å²) in [5.41, 5.74) is 2.63. The molecule has 0 saturated heterocycles. The van der Waals surface area contributed by atoms with Gasteiger partial charge in [-0.3, -0.25) is 4.68 Å². The van der Waals surface area contributed by atoms with Crippen LogP contribution in [-0.2, 0) is 11.3 Å². The number of nitrogens with zero attached hydrogens (tertiary/aromatic N) is 4. The largest absolute Gasteiger partial charge is 0.383 e. The lowest BCUT2D eigenvalue weighted by molar-refractivity contribution is 0.171. The van der Waals surface area contributed by atoms with Crippen LogP contribution >= 0.6 is 11.6 Å². The van der Waals surface area contributed by atoms with Gasteiger partial charge >= 0.3 is 0 Å². The van der Waals surface area contributed by atoms with E-state index in [2.05, 4.69) is 15.3 Å². The lowest BCUT2D eigenvalue weighted by Crippen LogP contribution is -2.15. The van der Waals surface area contributed by atoms with Crippen LogP contribution in [0, 0.1) is 13.8 Å². The Morgan fingerprint density at radius 3 is 2.85 bits per heavy atom. The number of aliphatic hydroxyl groups excluding tert-OH is 1. The molecular formula is C13H17ClN4O2. The summed E-state index contributed by atoms with van der Waals surface area (Å²) in [5, 5.41) is 23.2. The molecule has 0 bridgehead atoms. The Balaban J connectivity index is 2.39. The Morgan fingerprint density at radius 1 is 1.40 bits per heavy atom. The first-order valence-corrected chi connectivity index (χ1v) is 6.61. The average molecular weight is 297 g/mol. The van der Waals surface area contributed by atoms with E-state index in [0.717, 1.165) is 5.69 Å². The van der Waals surface area contributed by atoms with Crippen molar-refractivity contribution >= 4 is 11.6 Å². The molecule has 2 rings (SSSR count). The molecular weight excluding hydrogens is 280 g/mol. The van der Waals surface area contributed by atoms with Gasteiger partial charge in [0.05, 0.1) is 41.5 Å². The Hall–Kier alpha value is -1.50. The van der Waals surface area contributed by atoms with Crippen molar-refractivity contribution in [2.75, 3.05) is 13.7 Å². The molecule has 0 radical (unpaired) electrons. The summed E-state index contributed by atoms with van der Waals surface area (Å²) in [4.78, 5) is 0. The third-order valence-corrected chi connectivity index (χ3v) is 3.33. The van der Waals surface area contributed by atoms with Crippen LogP contribution in [0.2, 0.25) is 5.02 Å². The molecule has 20 heavy (non-hydrogen) atoms. The number of hydrogen-bond acceptors (Lipinski definition) is 5. The summed E-state index contributed by atoms with van der Waals surface area (Å²) >= 11 is 6.14. The second kappa shape index (κ2) is 6.30. The van der Waals surface area contributed by atoms with E-state index >= 15 is 0 Å². The molecule has 2 heterocycles. The molecule has 2 aromatic heterocycles. The van der Waals surface area contributed by atoms with Gasteiger partial charge < -0.3 is 9.84 Å². The van der Waals surface area contributed by atoms with Gasteiger partial charge in [0.15, 0.2) is 0 Å². The van der Waals surface area contributed by atoms with Crippen molar-refractivity contribution in [3.8, 4) is 0 Å². The predicted molar refractivity (Wildman–Crippen MR) is 74.7 cm³/mol. The Morgan fingerprint density at radius 2 is 2.15 bits per heavy atom. The number of halogens is 1. The van der Waals surface area contributed by atoms with Gasteiger partial charge in [0, 0.05) is 12.7 Å². The van der Waals surface area contributed by atoms with Crippen LogP contribution in [0.4, 0.5) is 0 Å². The molecule has 1 N–H and O–H groups in total. The first-order valence-electron chi connectivity index (χ1n) is 6.23. The van der Waals surface area contributed by atoms with Gasteiger partial charge in [0.1, 0.15) is 6.10 Å². The fourth-order valence-electron chi connectivity index (χ4n) is 1.99. The van der Waals surface area contributed by atoms with Crippen LogP contribution < -0.4 is 0 Å². The molecule has 0 aliphatic rings. The first-order chi connectivity index (χ1) is 9.54. The van der Waals surface area contributed by atoms with E-state index in [-0.39, 0.29) is 0 Å². The minimum absolute atomic E-state index is 0.419. The Labute approximate surface area is 122 Å². The van der Waals surface area contributed by atoms with Gasteiger partial charge in [-0.2, -0.15) is 15.3 Å². The minimum atomic E-state index is -0.893. The third-order valence-electron chi connectivity index (χ3n) is 3.03. The molecule has 1 unspecified atom stereocenters. The predicted octanol–water partition coefficient (Wildman–Crippen LogP) is 1.67. The van der Waals surface area contributed by atoms with E-state index in [1.165, 1.54) is 6.20 Å². The molecule has 6 nitrogen and oxygen atoms in total. The van der Waals surface area contributed by atoms with Crippen molar-refractivity contribution in [3.63, 3.8) is 0 Å². The van der Waals surface area contributed by atoms with Gasteiger partial charge in [-0.15, -0.1) is 0 Å². The van der Waals surface area contributed by atoms with Gasteiger partial charge in [-0.05, 0) is 19.9 Å². The third kappa shape index (κ3) is 2.98. The maximum absolute atomic E-state index is 10.6. The standard InChI is InChI=1S/C13H17ClN4O2/c1-8-6-10(9(2)17-16-8)13(19)12-11(14)7-15-18(12)4-5-20-3/h6-7,13,19H,4-5H2,1-3H3. The highest BCUT2D eigenvalue weighted by Gasteiger charge is 2.22. The fourth-order valence-corrected chi connectivity index (χ4v) is 2.24. The molecule has 108 valence electrons. The monoisotopic (exact) mass is 296 g/mol. The number of aryl methyl sites for hydroxylation is 2. The molecule has 0 aromatic carbocycles. The van der Waals surface area contributed by atoms with Gasteiger partial charge in [0.25, 0.3) is 0 Å². The molecule has 0 saturated carbocycles. The molecule has 2 aromatic rings. The topological polar surface area (TPSA) is 73.1 Å². The molecule has 1 atom stereocenters. The van der Waals surface area contributed by atoms with Crippen molar-refractivity contribution in [2.45, 2.75) is 26.5 Å². The SMILES string of the molecule is COCCn1ncc(Cl)c1C(O)c1cc(C)nnc1C. The van der Waals surface area contributed by atoms with Gasteiger partial charge in [-0.1, -0.05) is 11.6 Å². The summed E-state index contributed by atoms with van der Waals surface area (Å²) in [6.07, 6.45) is 0.628. The van der Waals surface area contributed by atoms with E-state index in [4.69, 9.17) is 16.3 Å². The quantitative estimate of drug-likeness (QED) is 0.908. The number of aliphatic hydroxyl groups is 1. The molecule has 7 heteroatoms. The van der Waals surface area contributed by atoms with Crippen LogP contribution in [-0.4, -0.2) is 38.8 Å². The number of aromatic nitrogens is 4. The van der Waals surface area contributed by atoms with Crippen molar-refractivity contribution in [2.24, 2.45) is 0 Å². The summed E-state index contributed by atoms with van der Waals surface area (Å²) < 4.78 is 6.67. The van der Waals surface area contributed by atoms with Crippen LogP contribution in [0.1, 0.15) is 28.7 Å². The van der Waals surface area contributed by atoms with Gasteiger partial charge in [0.2, 0.25) is 0 Å². The minimum Gasteiger partial charge on any atom is -0.383 e. The van der Waals surface area contributed by atoms with E-state index in [1.807, 2.05) is 6.92 Å². The second-order valence-electron chi connectivity index (χ2n) is 4.52. The average Bonchev–Trinajstić information content (AvgIpc) is 2.79. The maximum Gasteiger partial charge on any atom is 0.124 e. The van der Waals surface area contributed by atoms with Crippen LogP contribution in [0.15, 0.2) is 12.3 Å². The Kier molecular flexibility index (Phi) is 4.69. The van der Waals surface area contributed by atoms with Crippen molar-refractivity contribution in [1.82, 2.24) is 20.0 Å². The number of rotatable bonds is 5. The fraction of sp³-hybridized carbons (Fsp3) is 0.462. The highest BCUT2D eigenvalue weighted by Crippen LogP contribution is 2.29. The number of methoxy groups -OCH3 is 1. The molecule has 0 fully saturated rings. The molecule has 0 amide bonds. The number of ether oxygens (including phenoxy) is 1.